The molecular formula is C10H7BrClNO. The Labute approximate surface area is 95.9 Å². The third-order valence-electron chi connectivity index (χ3n) is 1.46. The first-order valence-corrected chi connectivity index (χ1v) is 4.96. The van der Waals surface area contributed by atoms with Gasteiger partial charge in [-0.05, 0) is 12.1 Å². The van der Waals surface area contributed by atoms with Gasteiger partial charge in [-0.3, -0.25) is 0 Å². The van der Waals surface area contributed by atoms with Crippen LogP contribution in [-0.4, -0.2) is 6.61 Å². The third kappa shape index (κ3) is 3.06. The van der Waals surface area contributed by atoms with E-state index in [9.17, 15) is 0 Å². The molecular weight excluding hydrogens is 265 g/mol. The Morgan fingerprint density at radius 1 is 1.64 bits per heavy atom. The van der Waals surface area contributed by atoms with Crippen molar-refractivity contribution in [3.63, 3.8) is 0 Å². The molecule has 1 rings (SSSR count). The molecule has 72 valence electrons. The van der Waals surface area contributed by atoms with E-state index in [1.54, 1.807) is 18.2 Å². The average Bonchev–Trinajstić information content (AvgIpc) is 2.15. The summed E-state index contributed by atoms with van der Waals surface area (Å²) in [4.78, 5) is 0. The minimum atomic E-state index is 0.377. The lowest BCUT2D eigenvalue weighted by atomic mass is 10.2. The van der Waals surface area contributed by atoms with Gasteiger partial charge in [0.25, 0.3) is 0 Å². The van der Waals surface area contributed by atoms with Gasteiger partial charge in [0.1, 0.15) is 18.4 Å². The van der Waals surface area contributed by atoms with Gasteiger partial charge < -0.3 is 4.74 Å². The molecule has 0 bridgehead atoms. The van der Waals surface area contributed by atoms with E-state index in [0.717, 1.165) is 4.48 Å². The minimum absolute atomic E-state index is 0.377. The largest absolute Gasteiger partial charge is 0.488 e. The number of hydrogen-bond donors (Lipinski definition) is 0. The van der Waals surface area contributed by atoms with Crippen LogP contribution in [-0.2, 0) is 0 Å². The van der Waals surface area contributed by atoms with Crippen LogP contribution in [0.5, 0.6) is 5.75 Å². The summed E-state index contributed by atoms with van der Waals surface area (Å²) in [6.45, 7) is 4.01. The Kier molecular flexibility index (Phi) is 3.99. The second-order valence-corrected chi connectivity index (χ2v) is 4.09. The van der Waals surface area contributed by atoms with Crippen molar-refractivity contribution in [3.8, 4) is 11.8 Å². The summed E-state index contributed by atoms with van der Waals surface area (Å²) in [5.41, 5.74) is 0.441. The van der Waals surface area contributed by atoms with Crippen molar-refractivity contribution in [2.24, 2.45) is 0 Å². The highest BCUT2D eigenvalue weighted by Crippen LogP contribution is 2.22. The topological polar surface area (TPSA) is 33.0 Å². The van der Waals surface area contributed by atoms with Gasteiger partial charge in [0.2, 0.25) is 0 Å². The van der Waals surface area contributed by atoms with E-state index >= 15 is 0 Å². The predicted molar refractivity (Wildman–Crippen MR) is 59.7 cm³/mol. The van der Waals surface area contributed by atoms with Crippen molar-refractivity contribution in [3.05, 3.63) is 39.8 Å². The van der Waals surface area contributed by atoms with Gasteiger partial charge in [0.15, 0.2) is 0 Å². The number of rotatable bonds is 3. The van der Waals surface area contributed by atoms with E-state index in [1.165, 1.54) is 0 Å². The summed E-state index contributed by atoms with van der Waals surface area (Å²) < 4.78 is 6.06. The maximum Gasteiger partial charge on any atom is 0.121 e. The fourth-order valence-corrected chi connectivity index (χ4v) is 1.17. The van der Waals surface area contributed by atoms with Crippen molar-refractivity contribution >= 4 is 27.5 Å². The summed E-state index contributed by atoms with van der Waals surface area (Å²) in [5.74, 6) is 0.620. The molecule has 1 aromatic carbocycles. The van der Waals surface area contributed by atoms with Gasteiger partial charge in [0.05, 0.1) is 10.6 Å². The molecule has 0 unspecified atom stereocenters. The Bertz CT molecular complexity index is 398. The van der Waals surface area contributed by atoms with E-state index < -0.39 is 0 Å². The molecule has 1 aromatic rings. The molecule has 0 radical (unpaired) electrons. The van der Waals surface area contributed by atoms with E-state index in [0.29, 0.717) is 22.9 Å². The molecule has 0 amide bonds. The number of nitrogens with zero attached hydrogens (tertiary/aromatic N) is 1. The van der Waals surface area contributed by atoms with Crippen LogP contribution in [0.15, 0.2) is 29.3 Å². The Morgan fingerprint density at radius 3 is 2.86 bits per heavy atom. The van der Waals surface area contributed by atoms with Gasteiger partial charge in [-0.2, -0.15) is 5.26 Å². The summed E-state index contributed by atoms with van der Waals surface area (Å²) in [7, 11) is 0. The minimum Gasteiger partial charge on any atom is -0.488 e. The maximum atomic E-state index is 8.63. The van der Waals surface area contributed by atoms with Crippen LogP contribution in [0.4, 0.5) is 0 Å². The lowest BCUT2D eigenvalue weighted by Crippen LogP contribution is -1.95. The Balaban J connectivity index is 2.77. The number of benzene rings is 1. The van der Waals surface area contributed by atoms with Crippen molar-refractivity contribution < 1.29 is 4.74 Å². The highest BCUT2D eigenvalue weighted by atomic mass is 79.9. The third-order valence-corrected chi connectivity index (χ3v) is 2.00. The van der Waals surface area contributed by atoms with E-state index in [4.69, 9.17) is 21.6 Å². The van der Waals surface area contributed by atoms with Crippen molar-refractivity contribution in [2.75, 3.05) is 6.61 Å². The maximum absolute atomic E-state index is 8.63. The summed E-state index contributed by atoms with van der Waals surface area (Å²) in [6.07, 6.45) is 0. The zero-order chi connectivity index (χ0) is 10.6. The number of nitriles is 1. The molecule has 0 heterocycles. The molecule has 2 nitrogen and oxygen atoms in total. The quantitative estimate of drug-likeness (QED) is 0.844. The fraction of sp³-hybridized carbons (Fsp3) is 0.100. The number of halogens is 2. The molecule has 0 saturated carbocycles. The van der Waals surface area contributed by atoms with Crippen molar-refractivity contribution in [2.45, 2.75) is 0 Å². The van der Waals surface area contributed by atoms with Crippen LogP contribution in [0.3, 0.4) is 0 Å². The standard InChI is InChI=1S/C10H7BrClNO/c1-7(11)6-14-9-3-2-8(5-13)10(12)4-9/h2-4H,1,6H2. The van der Waals surface area contributed by atoms with E-state index in [2.05, 4.69) is 22.5 Å². The van der Waals surface area contributed by atoms with Gasteiger partial charge in [-0.25, -0.2) is 0 Å². The molecule has 0 atom stereocenters. The SMILES string of the molecule is C=C(Br)COc1ccc(C#N)c(Cl)c1. The monoisotopic (exact) mass is 271 g/mol. The molecule has 0 spiro atoms. The number of ether oxygens (including phenoxy) is 1. The molecule has 0 fully saturated rings. The van der Waals surface area contributed by atoms with Crippen molar-refractivity contribution in [1.82, 2.24) is 0 Å². The zero-order valence-corrected chi connectivity index (χ0v) is 9.60. The lowest BCUT2D eigenvalue weighted by molar-refractivity contribution is 0.361. The van der Waals surface area contributed by atoms with Crippen LogP contribution in [0.2, 0.25) is 5.02 Å². The summed E-state index contributed by atoms with van der Waals surface area (Å²) in [6, 6.07) is 6.89. The first kappa shape index (κ1) is 11.1. The molecule has 0 N–H and O–H groups in total. The Hall–Kier alpha value is -0.980. The van der Waals surface area contributed by atoms with E-state index in [1.807, 2.05) is 6.07 Å². The molecule has 0 aliphatic heterocycles. The smallest absolute Gasteiger partial charge is 0.121 e. The Morgan fingerprint density at radius 2 is 2.36 bits per heavy atom. The van der Waals surface area contributed by atoms with Crippen LogP contribution in [0, 0.1) is 11.3 Å². The average molecular weight is 273 g/mol. The molecule has 14 heavy (non-hydrogen) atoms. The van der Waals surface area contributed by atoms with Crippen LogP contribution < -0.4 is 4.74 Å². The highest BCUT2D eigenvalue weighted by molar-refractivity contribution is 9.11. The van der Waals surface area contributed by atoms with Gasteiger partial charge in [-0.1, -0.05) is 34.1 Å². The zero-order valence-electron chi connectivity index (χ0n) is 7.26. The fourth-order valence-electron chi connectivity index (χ4n) is 0.838. The van der Waals surface area contributed by atoms with Gasteiger partial charge in [-0.15, -0.1) is 0 Å². The predicted octanol–water partition coefficient (Wildman–Crippen LogP) is 3.50. The molecule has 0 aliphatic rings. The summed E-state index contributed by atoms with van der Waals surface area (Å²) >= 11 is 8.98. The molecule has 4 heteroatoms. The highest BCUT2D eigenvalue weighted by Gasteiger charge is 2.01. The molecule has 0 saturated heterocycles. The van der Waals surface area contributed by atoms with Crippen LogP contribution in [0.1, 0.15) is 5.56 Å². The second kappa shape index (κ2) is 5.04. The van der Waals surface area contributed by atoms with Crippen LogP contribution >= 0.6 is 27.5 Å². The number of hydrogen-bond acceptors (Lipinski definition) is 2. The first-order valence-electron chi connectivity index (χ1n) is 3.79. The van der Waals surface area contributed by atoms with Crippen LogP contribution in [0.25, 0.3) is 0 Å². The van der Waals surface area contributed by atoms with Gasteiger partial charge >= 0.3 is 0 Å². The normalized spacial score (nSPS) is 9.21. The van der Waals surface area contributed by atoms with Crippen molar-refractivity contribution in [1.29, 1.82) is 5.26 Å². The van der Waals surface area contributed by atoms with E-state index in [-0.39, 0.29) is 0 Å². The summed E-state index contributed by atoms with van der Waals surface area (Å²) in [5, 5.41) is 9.02. The lowest BCUT2D eigenvalue weighted by Gasteiger charge is -2.05. The molecule has 0 aromatic heterocycles. The second-order valence-electron chi connectivity index (χ2n) is 2.56. The first-order chi connectivity index (χ1) is 6.63. The van der Waals surface area contributed by atoms with Gasteiger partial charge in [0, 0.05) is 10.5 Å². The molecule has 0 aliphatic carbocycles.